The largest absolute Gasteiger partial charge is 0.275 e. The van der Waals surface area contributed by atoms with E-state index in [0.717, 1.165) is 16.5 Å². The minimum atomic E-state index is -0.335. The van der Waals surface area contributed by atoms with Crippen molar-refractivity contribution in [1.29, 1.82) is 0 Å². The number of hydrogen-bond acceptors (Lipinski definition) is 3. The zero-order chi connectivity index (χ0) is 17.1. The summed E-state index contributed by atoms with van der Waals surface area (Å²) in [6, 6.07) is 13.4. The van der Waals surface area contributed by atoms with E-state index < -0.39 is 0 Å². The van der Waals surface area contributed by atoms with E-state index in [9.17, 15) is 9.18 Å². The van der Waals surface area contributed by atoms with Crippen molar-refractivity contribution in [2.24, 2.45) is 0 Å². The van der Waals surface area contributed by atoms with Crippen LogP contribution in [0.5, 0.6) is 0 Å². The summed E-state index contributed by atoms with van der Waals surface area (Å²) in [5.41, 5.74) is 5.96. The number of fused-ring (bicyclic) bond motifs is 1. The van der Waals surface area contributed by atoms with Crippen LogP contribution >= 0.6 is 0 Å². The van der Waals surface area contributed by atoms with Gasteiger partial charge in [-0.05, 0) is 56.3 Å². The molecule has 122 valence electrons. The Morgan fingerprint density at radius 1 is 1.17 bits per heavy atom. The summed E-state index contributed by atoms with van der Waals surface area (Å²) in [7, 11) is 0. The van der Waals surface area contributed by atoms with Gasteiger partial charge in [0.15, 0.2) is 0 Å². The number of benzene rings is 2. The zero-order valence-electron chi connectivity index (χ0n) is 13.5. The number of hydrogen-bond donors (Lipinski definition) is 1. The maximum Gasteiger partial charge on any atom is 0.275 e. The number of amides is 1. The van der Waals surface area contributed by atoms with Gasteiger partial charge in [0, 0.05) is 10.9 Å². The van der Waals surface area contributed by atoms with Gasteiger partial charge in [-0.25, -0.2) is 14.9 Å². The number of carbonyl (C=O) groups is 1. The van der Waals surface area contributed by atoms with Crippen LogP contribution in [0.4, 0.5) is 4.39 Å². The molecule has 0 unspecified atom stereocenters. The van der Waals surface area contributed by atoms with E-state index in [1.54, 1.807) is 25.1 Å². The molecule has 1 aromatic heterocycles. The number of rotatable bonds is 4. The Hall–Kier alpha value is -2.79. The molecule has 4 nitrogen and oxygen atoms in total. The summed E-state index contributed by atoms with van der Waals surface area (Å²) in [5, 5.41) is 0.748. The third kappa shape index (κ3) is 3.26. The second-order valence-electron chi connectivity index (χ2n) is 5.45. The topological polar surface area (TPSA) is 51.2 Å². The van der Waals surface area contributed by atoms with E-state index in [-0.39, 0.29) is 11.7 Å². The Morgan fingerprint density at radius 3 is 2.62 bits per heavy atom. The van der Waals surface area contributed by atoms with E-state index in [1.165, 1.54) is 12.1 Å². The van der Waals surface area contributed by atoms with Crippen molar-refractivity contribution in [2.45, 2.75) is 13.8 Å². The fourth-order valence-corrected chi connectivity index (χ4v) is 2.49. The van der Waals surface area contributed by atoms with E-state index in [2.05, 4.69) is 10.5 Å². The van der Waals surface area contributed by atoms with Gasteiger partial charge in [0.05, 0.1) is 23.4 Å². The summed E-state index contributed by atoms with van der Waals surface area (Å²) in [5.74, 6) is -0.650. The van der Waals surface area contributed by atoms with E-state index in [0.29, 0.717) is 23.4 Å². The van der Waals surface area contributed by atoms with Crippen molar-refractivity contribution in [3.05, 3.63) is 65.5 Å². The van der Waals surface area contributed by atoms with Gasteiger partial charge in [-0.15, -0.1) is 0 Å². The molecule has 0 atom stereocenters. The Bertz CT molecular complexity index is 892. The average Bonchev–Trinajstić information content (AvgIpc) is 2.59. The molecule has 0 saturated carbocycles. The molecule has 1 N–H and O–H groups in total. The van der Waals surface area contributed by atoms with Crippen molar-refractivity contribution in [3.63, 3.8) is 0 Å². The molecule has 24 heavy (non-hydrogen) atoms. The van der Waals surface area contributed by atoms with Crippen LogP contribution in [-0.4, -0.2) is 17.5 Å². The number of carbonyl (C=O) groups excluding carboxylic acids is 1. The van der Waals surface area contributed by atoms with Gasteiger partial charge < -0.3 is 0 Å². The van der Waals surface area contributed by atoms with Crippen LogP contribution in [0.1, 0.15) is 22.8 Å². The summed E-state index contributed by atoms with van der Waals surface area (Å²) in [4.78, 5) is 22.1. The van der Waals surface area contributed by atoms with Crippen LogP contribution in [-0.2, 0) is 4.84 Å². The first-order valence-corrected chi connectivity index (χ1v) is 7.68. The molecule has 0 spiro atoms. The predicted octanol–water partition coefficient (Wildman–Crippen LogP) is 4.03. The number of nitrogens with one attached hydrogen (secondary N) is 1. The molecule has 0 fully saturated rings. The number of aryl methyl sites for hydroxylation is 1. The van der Waals surface area contributed by atoms with Gasteiger partial charge in [0.1, 0.15) is 5.82 Å². The fourth-order valence-electron chi connectivity index (χ4n) is 2.49. The smallest absolute Gasteiger partial charge is 0.274 e. The maximum atomic E-state index is 13.1. The van der Waals surface area contributed by atoms with Crippen LogP contribution in [0.2, 0.25) is 0 Å². The highest BCUT2D eigenvalue weighted by Gasteiger charge is 2.14. The SMILES string of the molecule is CCONC(=O)c1cc(-c2ccc(F)cc2)nc2ccc(C)cc12. The molecule has 3 rings (SSSR count). The first kappa shape index (κ1) is 16.1. The van der Waals surface area contributed by atoms with E-state index >= 15 is 0 Å². The van der Waals surface area contributed by atoms with Gasteiger partial charge in [-0.3, -0.25) is 9.63 Å². The first-order valence-electron chi connectivity index (χ1n) is 7.68. The van der Waals surface area contributed by atoms with E-state index in [4.69, 9.17) is 4.84 Å². The lowest BCUT2D eigenvalue weighted by molar-refractivity contribution is 0.0366. The van der Waals surface area contributed by atoms with E-state index in [1.807, 2.05) is 25.1 Å². The normalized spacial score (nSPS) is 10.8. The zero-order valence-corrected chi connectivity index (χ0v) is 13.5. The molecule has 3 aromatic rings. The number of aromatic nitrogens is 1. The summed E-state index contributed by atoms with van der Waals surface area (Å²) < 4.78 is 13.1. The molecule has 0 aliphatic rings. The highest BCUT2D eigenvalue weighted by Crippen LogP contribution is 2.26. The van der Waals surface area contributed by atoms with Crippen LogP contribution in [0.15, 0.2) is 48.5 Å². The van der Waals surface area contributed by atoms with Gasteiger partial charge in [0.2, 0.25) is 0 Å². The van der Waals surface area contributed by atoms with Crippen molar-refractivity contribution in [3.8, 4) is 11.3 Å². The maximum absolute atomic E-state index is 13.1. The molecule has 0 aliphatic heterocycles. The highest BCUT2D eigenvalue weighted by atomic mass is 19.1. The molecular weight excluding hydrogens is 307 g/mol. The van der Waals surface area contributed by atoms with Crippen LogP contribution in [0.3, 0.4) is 0 Å². The average molecular weight is 324 g/mol. The predicted molar refractivity (Wildman–Crippen MR) is 91.0 cm³/mol. The lowest BCUT2D eigenvalue weighted by Crippen LogP contribution is -2.24. The van der Waals surface area contributed by atoms with Crippen molar-refractivity contribution >= 4 is 16.8 Å². The fraction of sp³-hybridized carbons (Fsp3) is 0.158. The number of nitrogens with zero attached hydrogens (tertiary/aromatic N) is 1. The third-order valence-corrected chi connectivity index (χ3v) is 3.66. The van der Waals surface area contributed by atoms with Gasteiger partial charge >= 0.3 is 0 Å². The first-order chi connectivity index (χ1) is 11.6. The summed E-state index contributed by atoms with van der Waals surface area (Å²) in [6.45, 7) is 4.12. The molecule has 0 aliphatic carbocycles. The number of halogens is 1. The van der Waals surface area contributed by atoms with Crippen LogP contribution in [0, 0.1) is 12.7 Å². The third-order valence-electron chi connectivity index (χ3n) is 3.66. The Balaban J connectivity index is 2.16. The summed E-state index contributed by atoms with van der Waals surface area (Å²) in [6.07, 6.45) is 0. The Kier molecular flexibility index (Phi) is 4.53. The summed E-state index contributed by atoms with van der Waals surface area (Å²) >= 11 is 0. The van der Waals surface area contributed by atoms with Gasteiger partial charge in [-0.2, -0.15) is 0 Å². The molecule has 5 heteroatoms. The lowest BCUT2D eigenvalue weighted by atomic mass is 10.0. The van der Waals surface area contributed by atoms with Crippen molar-refractivity contribution in [2.75, 3.05) is 6.61 Å². The molecule has 0 bridgehead atoms. The second-order valence-corrected chi connectivity index (χ2v) is 5.45. The quantitative estimate of drug-likeness (QED) is 0.737. The van der Waals surface area contributed by atoms with Crippen molar-refractivity contribution in [1.82, 2.24) is 10.5 Å². The van der Waals surface area contributed by atoms with Gasteiger partial charge in [-0.1, -0.05) is 11.6 Å². The lowest BCUT2D eigenvalue weighted by Gasteiger charge is -2.11. The molecule has 0 radical (unpaired) electrons. The minimum absolute atomic E-state index is 0.315. The number of hydroxylamine groups is 1. The highest BCUT2D eigenvalue weighted by molar-refractivity contribution is 6.07. The number of pyridine rings is 1. The molecule has 1 amide bonds. The molecule has 1 heterocycles. The Morgan fingerprint density at radius 2 is 1.92 bits per heavy atom. The standard InChI is InChI=1S/C19H17FN2O2/c1-3-24-22-19(23)16-11-18(13-5-7-14(20)8-6-13)21-17-9-4-12(2)10-15(16)17/h4-11H,3H2,1-2H3,(H,22,23). The monoisotopic (exact) mass is 324 g/mol. The van der Waals surface area contributed by atoms with Crippen LogP contribution < -0.4 is 5.48 Å². The molecular formula is C19H17FN2O2. The minimum Gasteiger partial charge on any atom is -0.274 e. The molecule has 2 aromatic carbocycles. The van der Waals surface area contributed by atoms with Crippen LogP contribution in [0.25, 0.3) is 22.2 Å². The second kappa shape index (κ2) is 6.76. The Labute approximate surface area is 139 Å². The molecule has 0 saturated heterocycles. The van der Waals surface area contributed by atoms with Gasteiger partial charge in [0.25, 0.3) is 5.91 Å². The van der Waals surface area contributed by atoms with Crippen molar-refractivity contribution < 1.29 is 14.0 Å².